The summed E-state index contributed by atoms with van der Waals surface area (Å²) in [5, 5.41) is 17.4. The lowest BCUT2D eigenvalue weighted by molar-refractivity contribution is 0.818. The average molecular weight is 641 g/mol. The lowest BCUT2D eigenvalue weighted by Gasteiger charge is -2.23. The Morgan fingerprint density at radius 2 is 1.10 bits per heavy atom. The first-order valence-electron chi connectivity index (χ1n) is 17.2. The van der Waals surface area contributed by atoms with Crippen LogP contribution < -0.4 is 0 Å². The van der Waals surface area contributed by atoms with Crippen LogP contribution in [0.2, 0.25) is 0 Å². The summed E-state index contributed by atoms with van der Waals surface area (Å²) in [6.07, 6.45) is 7.58. The van der Waals surface area contributed by atoms with Crippen LogP contribution in [0.4, 0.5) is 0 Å². The van der Waals surface area contributed by atoms with E-state index >= 15 is 0 Å². The van der Waals surface area contributed by atoms with Gasteiger partial charge in [0.1, 0.15) is 0 Å². The zero-order valence-corrected chi connectivity index (χ0v) is 27.3. The molecule has 10 rings (SSSR count). The Labute approximate surface area is 289 Å². The van der Waals surface area contributed by atoms with Crippen molar-refractivity contribution in [3.05, 3.63) is 182 Å². The van der Waals surface area contributed by atoms with E-state index in [9.17, 15) is 0 Å². The molecule has 2 aromatic heterocycles. The fourth-order valence-corrected chi connectivity index (χ4v) is 7.93. The molecule has 0 amide bonds. The number of nitrogens with zero attached hydrogens (tertiary/aromatic N) is 4. The Morgan fingerprint density at radius 3 is 1.88 bits per heavy atom. The van der Waals surface area contributed by atoms with Crippen molar-refractivity contribution in [1.82, 2.24) is 19.3 Å². The summed E-state index contributed by atoms with van der Waals surface area (Å²) >= 11 is 0. The highest BCUT2D eigenvalue weighted by Gasteiger charge is 2.26. The van der Waals surface area contributed by atoms with Crippen LogP contribution in [-0.2, 0) is 0 Å². The van der Waals surface area contributed by atoms with Gasteiger partial charge in [-0.15, -0.1) is 10.2 Å². The lowest BCUT2D eigenvalue weighted by atomic mass is 9.87. The predicted octanol–water partition coefficient (Wildman–Crippen LogP) is 11.6. The molecular formula is C46H32N4. The minimum absolute atomic E-state index is 0.198. The van der Waals surface area contributed by atoms with Crippen LogP contribution in [0.25, 0.3) is 77.5 Å². The summed E-state index contributed by atoms with van der Waals surface area (Å²) in [7, 11) is 0. The van der Waals surface area contributed by atoms with E-state index in [4.69, 9.17) is 10.2 Å². The Hall–Kier alpha value is -6.52. The number of fused-ring (bicyclic) bond motifs is 5. The quantitative estimate of drug-likeness (QED) is 0.188. The second-order valence-corrected chi connectivity index (χ2v) is 13.1. The maximum absolute atomic E-state index is 5.02. The summed E-state index contributed by atoms with van der Waals surface area (Å²) in [5.41, 5.74) is 8.07. The number of aromatic nitrogens is 4. The third-order valence-corrected chi connectivity index (χ3v) is 10.2. The van der Waals surface area contributed by atoms with Crippen molar-refractivity contribution in [3.63, 3.8) is 0 Å². The third kappa shape index (κ3) is 4.53. The van der Waals surface area contributed by atoms with Crippen LogP contribution in [0.3, 0.4) is 0 Å². The van der Waals surface area contributed by atoms with E-state index in [0.29, 0.717) is 0 Å². The maximum atomic E-state index is 5.02. The van der Waals surface area contributed by atoms with Crippen LogP contribution in [0.5, 0.6) is 0 Å². The fraction of sp³-hybridized carbons (Fsp3) is 0.0435. The van der Waals surface area contributed by atoms with Gasteiger partial charge in [-0.3, -0.25) is 9.13 Å². The summed E-state index contributed by atoms with van der Waals surface area (Å²) in [6.45, 7) is 0. The van der Waals surface area contributed by atoms with Gasteiger partial charge in [0.15, 0.2) is 5.82 Å². The first kappa shape index (κ1) is 28.5. The van der Waals surface area contributed by atoms with E-state index in [1.807, 2.05) is 0 Å². The second-order valence-electron chi connectivity index (χ2n) is 13.1. The molecule has 0 fully saturated rings. The number of allylic oxidation sites excluding steroid dienone is 4. The molecule has 4 heteroatoms. The van der Waals surface area contributed by atoms with Crippen LogP contribution in [0.15, 0.2) is 176 Å². The topological polar surface area (TPSA) is 35.6 Å². The Balaban J connectivity index is 1.19. The second kappa shape index (κ2) is 11.6. The molecule has 7 aromatic carbocycles. The molecule has 1 atom stereocenters. The number of para-hydroxylation sites is 2. The highest BCUT2D eigenvalue weighted by molar-refractivity contribution is 6.09. The first-order chi connectivity index (χ1) is 24.8. The molecule has 0 N–H and O–H groups in total. The van der Waals surface area contributed by atoms with Gasteiger partial charge in [-0.1, -0.05) is 152 Å². The van der Waals surface area contributed by atoms with Gasteiger partial charge in [0.25, 0.3) is 0 Å². The van der Waals surface area contributed by atoms with E-state index in [2.05, 4.69) is 185 Å². The SMILES string of the molecule is C1=CC(c2cccc3ccccc23)CC(n2c(-c3cccc(-c4cccc5ccccc45)c3)nnc2-n2c3ccccc3c3ccccc32)=C1. The van der Waals surface area contributed by atoms with Gasteiger partial charge in [-0.2, -0.15) is 0 Å². The van der Waals surface area contributed by atoms with Crippen molar-refractivity contribution in [1.29, 1.82) is 0 Å². The summed E-state index contributed by atoms with van der Waals surface area (Å²) in [5.74, 6) is 1.80. The van der Waals surface area contributed by atoms with Gasteiger partial charge in [0, 0.05) is 28.0 Å². The van der Waals surface area contributed by atoms with Crippen molar-refractivity contribution in [2.45, 2.75) is 12.3 Å². The van der Waals surface area contributed by atoms with Crippen molar-refractivity contribution < 1.29 is 0 Å². The zero-order valence-electron chi connectivity index (χ0n) is 27.3. The fourth-order valence-electron chi connectivity index (χ4n) is 7.93. The van der Waals surface area contributed by atoms with Gasteiger partial charge in [-0.05, 0) is 68.9 Å². The summed E-state index contributed by atoms with van der Waals surface area (Å²) in [4.78, 5) is 0. The van der Waals surface area contributed by atoms with E-state index in [0.717, 1.165) is 46.1 Å². The van der Waals surface area contributed by atoms with Crippen molar-refractivity contribution in [2.24, 2.45) is 0 Å². The van der Waals surface area contributed by atoms with Gasteiger partial charge in [0.2, 0.25) is 5.95 Å². The minimum Gasteiger partial charge on any atom is -0.278 e. The molecule has 0 radical (unpaired) electrons. The largest absolute Gasteiger partial charge is 0.278 e. The molecule has 0 saturated carbocycles. The molecule has 236 valence electrons. The van der Waals surface area contributed by atoms with Gasteiger partial charge in [0.05, 0.1) is 11.0 Å². The van der Waals surface area contributed by atoms with E-state index in [1.54, 1.807) is 0 Å². The van der Waals surface area contributed by atoms with E-state index < -0.39 is 0 Å². The average Bonchev–Trinajstić information content (AvgIpc) is 3.77. The van der Waals surface area contributed by atoms with Crippen LogP contribution in [-0.4, -0.2) is 19.3 Å². The molecule has 2 heterocycles. The van der Waals surface area contributed by atoms with Crippen LogP contribution in [0, 0.1) is 0 Å². The Bertz CT molecular complexity index is 2750. The Kier molecular flexibility index (Phi) is 6.59. The number of hydrogen-bond donors (Lipinski definition) is 0. The molecule has 1 aliphatic rings. The molecule has 4 nitrogen and oxygen atoms in total. The molecule has 9 aromatic rings. The monoisotopic (exact) mass is 640 g/mol. The molecular weight excluding hydrogens is 609 g/mol. The van der Waals surface area contributed by atoms with Gasteiger partial charge < -0.3 is 0 Å². The molecule has 50 heavy (non-hydrogen) atoms. The van der Waals surface area contributed by atoms with E-state index in [-0.39, 0.29) is 5.92 Å². The van der Waals surface area contributed by atoms with Crippen molar-refractivity contribution >= 4 is 49.0 Å². The molecule has 0 aliphatic heterocycles. The highest BCUT2D eigenvalue weighted by atomic mass is 15.4. The van der Waals surface area contributed by atoms with Crippen LogP contribution >= 0.6 is 0 Å². The number of hydrogen-bond acceptors (Lipinski definition) is 2. The maximum Gasteiger partial charge on any atom is 0.241 e. The molecule has 1 unspecified atom stereocenters. The Morgan fingerprint density at radius 1 is 0.500 bits per heavy atom. The zero-order chi connectivity index (χ0) is 33.0. The normalized spacial score (nSPS) is 14.6. The molecule has 1 aliphatic carbocycles. The molecule has 0 bridgehead atoms. The third-order valence-electron chi connectivity index (χ3n) is 10.2. The minimum atomic E-state index is 0.198. The lowest BCUT2D eigenvalue weighted by Crippen LogP contribution is -2.12. The molecule has 0 saturated heterocycles. The van der Waals surface area contributed by atoms with Gasteiger partial charge >= 0.3 is 0 Å². The van der Waals surface area contributed by atoms with Gasteiger partial charge in [-0.25, -0.2) is 0 Å². The number of rotatable bonds is 5. The summed E-state index contributed by atoms with van der Waals surface area (Å²) in [6, 6.07) is 56.4. The van der Waals surface area contributed by atoms with Crippen molar-refractivity contribution in [3.8, 4) is 28.5 Å². The molecule has 0 spiro atoms. The first-order valence-corrected chi connectivity index (χ1v) is 17.2. The van der Waals surface area contributed by atoms with Crippen LogP contribution in [0.1, 0.15) is 17.9 Å². The number of benzene rings is 7. The van der Waals surface area contributed by atoms with Crippen molar-refractivity contribution in [2.75, 3.05) is 0 Å². The predicted molar refractivity (Wildman–Crippen MR) is 207 cm³/mol. The highest BCUT2D eigenvalue weighted by Crippen LogP contribution is 2.40. The smallest absolute Gasteiger partial charge is 0.241 e. The standard InChI is InChI=1S/C46H32N4/c1-3-21-37-31(13-1)15-11-25-39(37)33-17-9-19-35(29-33)45-47-48-46(50-43-27-7-5-23-41(43)42-24-6-8-28-44(42)50)49(45)36-20-10-18-34(30-36)40-26-12-16-32-14-2-4-22-38(32)40/h1-29,34H,30H2. The summed E-state index contributed by atoms with van der Waals surface area (Å²) < 4.78 is 4.57. The van der Waals surface area contributed by atoms with E-state index in [1.165, 1.54) is 43.4 Å².